The number of benzene rings is 1. The summed E-state index contributed by atoms with van der Waals surface area (Å²) >= 11 is 0. The third kappa shape index (κ3) is 5.65. The minimum Gasteiger partial charge on any atom is -0.435 e. The molecule has 6 heteroatoms. The van der Waals surface area contributed by atoms with Crippen molar-refractivity contribution >= 4 is 11.6 Å². The van der Waals surface area contributed by atoms with Crippen LogP contribution in [0.25, 0.3) is 0 Å². The number of carbonyl (C=O) groups excluding carboxylic acids is 1. The normalized spacial score (nSPS) is 12.3. The van der Waals surface area contributed by atoms with Crippen LogP contribution in [0.5, 0.6) is 5.75 Å². The first kappa shape index (κ1) is 15.4. The second kappa shape index (κ2) is 7.68. The number of ether oxygens (including phenoxy) is 1. The molecule has 1 rings (SSSR count). The van der Waals surface area contributed by atoms with Crippen molar-refractivity contribution in [1.29, 1.82) is 0 Å². The fourth-order valence-electron chi connectivity index (χ4n) is 1.44. The van der Waals surface area contributed by atoms with Crippen LogP contribution in [0.1, 0.15) is 13.8 Å². The minimum absolute atomic E-state index is 0.0636. The predicted molar refractivity (Wildman–Crippen MR) is 69.4 cm³/mol. The van der Waals surface area contributed by atoms with Gasteiger partial charge in [-0.15, -0.1) is 0 Å². The van der Waals surface area contributed by atoms with E-state index in [1.807, 2.05) is 13.8 Å². The molecule has 0 spiro atoms. The molecule has 106 valence electrons. The molecule has 0 aromatic heterocycles. The molecule has 1 aromatic rings. The molecule has 4 nitrogen and oxygen atoms in total. The molecular weight excluding hydrogens is 254 g/mol. The van der Waals surface area contributed by atoms with Gasteiger partial charge in [-0.2, -0.15) is 8.78 Å². The number of alkyl halides is 2. The van der Waals surface area contributed by atoms with E-state index in [0.29, 0.717) is 12.2 Å². The highest BCUT2D eigenvalue weighted by molar-refractivity contribution is 5.92. The van der Waals surface area contributed by atoms with E-state index in [0.717, 1.165) is 6.54 Å². The molecule has 0 heterocycles. The van der Waals surface area contributed by atoms with Gasteiger partial charge in [0.15, 0.2) is 0 Å². The summed E-state index contributed by atoms with van der Waals surface area (Å²) in [7, 11) is 0. The van der Waals surface area contributed by atoms with Crippen LogP contribution in [0, 0.1) is 5.92 Å². The number of rotatable bonds is 7. The number of hydrogen-bond acceptors (Lipinski definition) is 3. The quantitative estimate of drug-likeness (QED) is 0.801. The first-order chi connectivity index (χ1) is 9.02. The van der Waals surface area contributed by atoms with E-state index in [2.05, 4.69) is 15.4 Å². The molecule has 0 aliphatic rings. The molecule has 0 saturated carbocycles. The maximum Gasteiger partial charge on any atom is 0.387 e. The molecule has 1 amide bonds. The standard InChI is InChI=1S/C13H18F2N2O2/c1-3-16-8-9(2)12(18)17-10-4-6-11(7-5-10)19-13(14)15/h4-7,9,13,16H,3,8H2,1-2H3,(H,17,18). The molecule has 0 fully saturated rings. The Labute approximate surface area is 111 Å². The second-order valence-electron chi connectivity index (χ2n) is 4.10. The van der Waals surface area contributed by atoms with Crippen molar-refractivity contribution in [3.05, 3.63) is 24.3 Å². The van der Waals surface area contributed by atoms with Gasteiger partial charge >= 0.3 is 6.61 Å². The molecule has 2 N–H and O–H groups in total. The monoisotopic (exact) mass is 272 g/mol. The number of halogens is 2. The Bertz CT molecular complexity index is 396. The SMILES string of the molecule is CCNCC(C)C(=O)Nc1ccc(OC(F)F)cc1. The predicted octanol–water partition coefficient (Wildman–Crippen LogP) is 2.47. The maximum atomic E-state index is 12.0. The molecular formula is C13H18F2N2O2. The molecule has 1 atom stereocenters. The zero-order valence-corrected chi connectivity index (χ0v) is 11.0. The fourth-order valence-corrected chi connectivity index (χ4v) is 1.44. The van der Waals surface area contributed by atoms with E-state index < -0.39 is 6.61 Å². The highest BCUT2D eigenvalue weighted by Crippen LogP contribution is 2.18. The summed E-state index contributed by atoms with van der Waals surface area (Å²) in [4.78, 5) is 11.8. The highest BCUT2D eigenvalue weighted by atomic mass is 19.3. The van der Waals surface area contributed by atoms with Crippen LogP contribution < -0.4 is 15.4 Å². The fraction of sp³-hybridized carbons (Fsp3) is 0.462. The van der Waals surface area contributed by atoms with Crippen LogP contribution in [0.3, 0.4) is 0 Å². The Hall–Kier alpha value is -1.69. The molecule has 0 radical (unpaired) electrons. The third-order valence-corrected chi connectivity index (χ3v) is 2.50. The molecule has 0 aliphatic heterocycles. The Morgan fingerprint density at radius 2 is 1.95 bits per heavy atom. The van der Waals surface area contributed by atoms with Crippen molar-refractivity contribution in [2.24, 2.45) is 5.92 Å². The van der Waals surface area contributed by atoms with Crippen LogP contribution in [0.4, 0.5) is 14.5 Å². The average molecular weight is 272 g/mol. The lowest BCUT2D eigenvalue weighted by atomic mass is 10.1. The van der Waals surface area contributed by atoms with E-state index in [9.17, 15) is 13.6 Å². The van der Waals surface area contributed by atoms with Gasteiger partial charge in [0.05, 0.1) is 0 Å². The van der Waals surface area contributed by atoms with Gasteiger partial charge in [0.1, 0.15) is 5.75 Å². The summed E-state index contributed by atoms with van der Waals surface area (Å²) in [5.74, 6) is -0.228. The molecule has 19 heavy (non-hydrogen) atoms. The van der Waals surface area contributed by atoms with Crippen molar-refractivity contribution < 1.29 is 18.3 Å². The van der Waals surface area contributed by atoms with Gasteiger partial charge in [-0.25, -0.2) is 0 Å². The summed E-state index contributed by atoms with van der Waals surface area (Å²) in [6, 6.07) is 5.82. The van der Waals surface area contributed by atoms with Crippen LogP contribution in [-0.4, -0.2) is 25.6 Å². The largest absolute Gasteiger partial charge is 0.435 e. The Balaban J connectivity index is 2.50. The summed E-state index contributed by atoms with van der Waals surface area (Å²) in [6.45, 7) is 2.32. The van der Waals surface area contributed by atoms with Crippen molar-refractivity contribution in [3.63, 3.8) is 0 Å². The van der Waals surface area contributed by atoms with Crippen molar-refractivity contribution in [2.75, 3.05) is 18.4 Å². The van der Waals surface area contributed by atoms with Gasteiger partial charge in [0.2, 0.25) is 5.91 Å². The molecule has 1 aromatic carbocycles. The number of nitrogens with one attached hydrogen (secondary N) is 2. The topological polar surface area (TPSA) is 50.4 Å². The number of anilines is 1. The van der Waals surface area contributed by atoms with Crippen LogP contribution in [-0.2, 0) is 4.79 Å². The maximum absolute atomic E-state index is 12.0. The van der Waals surface area contributed by atoms with Crippen LogP contribution in [0.15, 0.2) is 24.3 Å². The number of hydrogen-bond donors (Lipinski definition) is 2. The Morgan fingerprint density at radius 1 is 1.32 bits per heavy atom. The zero-order valence-electron chi connectivity index (χ0n) is 11.0. The van der Waals surface area contributed by atoms with Gasteiger partial charge < -0.3 is 15.4 Å². The minimum atomic E-state index is -2.85. The summed E-state index contributed by atoms with van der Waals surface area (Å²) < 4.78 is 28.1. The molecule has 0 saturated heterocycles. The van der Waals surface area contributed by atoms with E-state index >= 15 is 0 Å². The molecule has 0 bridgehead atoms. The van der Waals surface area contributed by atoms with Gasteiger partial charge in [-0.05, 0) is 30.8 Å². The summed E-state index contributed by atoms with van der Waals surface area (Å²) in [5.41, 5.74) is 0.551. The Morgan fingerprint density at radius 3 is 2.47 bits per heavy atom. The van der Waals surface area contributed by atoms with Crippen LogP contribution >= 0.6 is 0 Å². The highest BCUT2D eigenvalue weighted by Gasteiger charge is 2.12. The first-order valence-electron chi connectivity index (χ1n) is 6.09. The van der Waals surface area contributed by atoms with Crippen molar-refractivity contribution in [2.45, 2.75) is 20.5 Å². The second-order valence-corrected chi connectivity index (χ2v) is 4.10. The van der Waals surface area contributed by atoms with E-state index in [4.69, 9.17) is 0 Å². The lowest BCUT2D eigenvalue weighted by Crippen LogP contribution is -2.30. The van der Waals surface area contributed by atoms with Crippen molar-refractivity contribution in [1.82, 2.24) is 5.32 Å². The number of amides is 1. The van der Waals surface area contributed by atoms with Gasteiger partial charge in [0.25, 0.3) is 0 Å². The van der Waals surface area contributed by atoms with E-state index in [-0.39, 0.29) is 17.6 Å². The van der Waals surface area contributed by atoms with Gasteiger partial charge in [-0.1, -0.05) is 13.8 Å². The van der Waals surface area contributed by atoms with E-state index in [1.54, 1.807) is 0 Å². The lowest BCUT2D eigenvalue weighted by molar-refractivity contribution is -0.119. The van der Waals surface area contributed by atoms with Gasteiger partial charge in [0, 0.05) is 18.2 Å². The van der Waals surface area contributed by atoms with Crippen molar-refractivity contribution in [3.8, 4) is 5.75 Å². The Kier molecular flexibility index (Phi) is 6.21. The average Bonchev–Trinajstić information content (AvgIpc) is 2.37. The molecule has 0 aliphatic carbocycles. The smallest absolute Gasteiger partial charge is 0.387 e. The number of carbonyl (C=O) groups is 1. The van der Waals surface area contributed by atoms with Crippen LogP contribution in [0.2, 0.25) is 0 Å². The first-order valence-corrected chi connectivity index (χ1v) is 6.09. The third-order valence-electron chi connectivity index (χ3n) is 2.50. The lowest BCUT2D eigenvalue weighted by Gasteiger charge is -2.12. The van der Waals surface area contributed by atoms with Gasteiger partial charge in [-0.3, -0.25) is 4.79 Å². The summed E-state index contributed by atoms with van der Waals surface area (Å²) in [5, 5.41) is 5.79. The molecule has 1 unspecified atom stereocenters. The zero-order chi connectivity index (χ0) is 14.3. The summed E-state index contributed by atoms with van der Waals surface area (Å²) in [6.07, 6.45) is 0. The van der Waals surface area contributed by atoms with E-state index in [1.165, 1.54) is 24.3 Å².